The summed E-state index contributed by atoms with van der Waals surface area (Å²) in [6.07, 6.45) is 39.2. The molecule has 2 atom stereocenters. The largest absolute Gasteiger partial charge is 0.462 e. The Kier molecular flexibility index (Phi) is 36.1. The quantitative estimate of drug-likeness (QED) is 0.0273. The molecule has 9 nitrogen and oxygen atoms in total. The number of rotatable bonds is 38. The van der Waals surface area contributed by atoms with Crippen LogP contribution in [0.2, 0.25) is 0 Å². The number of allylic oxidation sites excluding steroid dienone is 4. The molecule has 0 aliphatic carbocycles. The highest BCUT2D eigenvalue weighted by Crippen LogP contribution is 2.13. The molecule has 2 unspecified atom stereocenters. The molecule has 0 rings (SSSR count). The van der Waals surface area contributed by atoms with Crippen molar-refractivity contribution in [2.45, 2.75) is 239 Å². The Morgan fingerprint density at radius 2 is 0.946 bits per heavy atom. The molecule has 0 saturated carbocycles. The van der Waals surface area contributed by atoms with E-state index in [1.54, 1.807) is 20.8 Å². The molecule has 0 fully saturated rings. The summed E-state index contributed by atoms with van der Waals surface area (Å²) >= 11 is 0. The van der Waals surface area contributed by atoms with Gasteiger partial charge in [-0.2, -0.15) is 0 Å². The number of nitrogens with one attached hydrogen (secondary N) is 1. The second-order valence-corrected chi connectivity index (χ2v) is 16.6. The SMILES string of the molecule is CCCCCCCC/C=C\CCCCCCCC(=O)OCC(CNC(=O)C(N)CC(=O)OC(C)(C)C)OC(=O)CCCCCCC/C=C\CCCCCCCC. The van der Waals surface area contributed by atoms with Gasteiger partial charge in [0, 0.05) is 12.8 Å². The number of amides is 1. The summed E-state index contributed by atoms with van der Waals surface area (Å²) < 4.78 is 16.4. The van der Waals surface area contributed by atoms with Crippen molar-refractivity contribution in [3.63, 3.8) is 0 Å². The van der Waals surface area contributed by atoms with Crippen molar-refractivity contribution in [1.82, 2.24) is 5.32 Å². The van der Waals surface area contributed by atoms with E-state index in [1.807, 2.05) is 0 Å². The van der Waals surface area contributed by atoms with E-state index in [1.165, 1.54) is 89.9 Å². The molecule has 0 aliphatic rings. The highest BCUT2D eigenvalue weighted by atomic mass is 16.6. The Balaban J connectivity index is 4.49. The minimum absolute atomic E-state index is 0.0837. The van der Waals surface area contributed by atoms with Gasteiger partial charge in [0.25, 0.3) is 0 Å². The van der Waals surface area contributed by atoms with E-state index in [0.717, 1.165) is 70.6 Å². The van der Waals surface area contributed by atoms with E-state index in [9.17, 15) is 19.2 Å². The average Bonchev–Trinajstić information content (AvgIpc) is 3.14. The lowest BCUT2D eigenvalue weighted by Crippen LogP contribution is -2.46. The lowest BCUT2D eigenvalue weighted by atomic mass is 10.1. The van der Waals surface area contributed by atoms with Crippen LogP contribution < -0.4 is 11.1 Å². The summed E-state index contributed by atoms with van der Waals surface area (Å²) in [4.78, 5) is 50.1. The number of nitrogens with two attached hydrogens (primary N) is 1. The van der Waals surface area contributed by atoms with Gasteiger partial charge in [-0.3, -0.25) is 19.2 Å². The molecule has 56 heavy (non-hydrogen) atoms. The first-order chi connectivity index (χ1) is 27.0. The van der Waals surface area contributed by atoms with Crippen LogP contribution in [0.1, 0.15) is 221 Å². The van der Waals surface area contributed by atoms with Gasteiger partial charge in [0.05, 0.1) is 19.0 Å². The van der Waals surface area contributed by atoms with Gasteiger partial charge in [0.15, 0.2) is 6.10 Å². The Labute approximate surface area is 343 Å². The maximum atomic E-state index is 12.7. The molecule has 0 aromatic rings. The molecule has 0 spiro atoms. The first-order valence-electron chi connectivity index (χ1n) is 22.9. The summed E-state index contributed by atoms with van der Waals surface area (Å²) in [7, 11) is 0. The standard InChI is InChI=1S/C47H86N2O7/c1-6-8-10-12-14-16-18-20-22-24-26-28-30-32-34-36-43(50)54-40-41(39-49-46(53)42(48)38-45(52)56-47(3,4)5)55-44(51)37-35-33-31-29-27-25-23-21-19-17-15-13-11-9-7-2/h20-23,41-42H,6-19,24-40,48H2,1-5H3,(H,49,53)/b22-20-,23-21-. The smallest absolute Gasteiger partial charge is 0.308 e. The molecule has 0 radical (unpaired) electrons. The number of carbonyl (C=O) groups excluding carboxylic acids is 4. The van der Waals surface area contributed by atoms with E-state index in [2.05, 4.69) is 43.5 Å². The molecule has 0 aromatic carbocycles. The molecule has 0 aromatic heterocycles. The fourth-order valence-electron chi connectivity index (χ4n) is 6.32. The molecule has 0 heterocycles. The summed E-state index contributed by atoms with van der Waals surface area (Å²) in [5, 5.41) is 2.65. The van der Waals surface area contributed by atoms with Gasteiger partial charge in [-0.1, -0.05) is 141 Å². The van der Waals surface area contributed by atoms with Crippen molar-refractivity contribution in [2.75, 3.05) is 13.2 Å². The Morgan fingerprint density at radius 3 is 1.38 bits per heavy atom. The number of hydrogen-bond acceptors (Lipinski definition) is 8. The van der Waals surface area contributed by atoms with E-state index in [4.69, 9.17) is 19.9 Å². The molecular weight excluding hydrogens is 705 g/mol. The molecule has 9 heteroatoms. The van der Waals surface area contributed by atoms with Gasteiger partial charge >= 0.3 is 17.9 Å². The summed E-state index contributed by atoms with van der Waals surface area (Å²) in [6, 6.07) is -1.12. The van der Waals surface area contributed by atoms with Crippen LogP contribution >= 0.6 is 0 Å². The predicted octanol–water partition coefficient (Wildman–Crippen LogP) is 11.7. The molecular formula is C47H86N2O7. The summed E-state index contributed by atoms with van der Waals surface area (Å²) in [5.41, 5.74) is 5.26. The Morgan fingerprint density at radius 1 is 0.554 bits per heavy atom. The van der Waals surface area contributed by atoms with Gasteiger partial charge in [-0.15, -0.1) is 0 Å². The molecule has 326 valence electrons. The van der Waals surface area contributed by atoms with Crippen molar-refractivity contribution < 1.29 is 33.4 Å². The maximum absolute atomic E-state index is 12.7. The maximum Gasteiger partial charge on any atom is 0.308 e. The average molecular weight is 791 g/mol. The minimum Gasteiger partial charge on any atom is -0.462 e. The van der Waals surface area contributed by atoms with Crippen LogP contribution in [0.25, 0.3) is 0 Å². The van der Waals surface area contributed by atoms with E-state index in [0.29, 0.717) is 12.8 Å². The van der Waals surface area contributed by atoms with Crippen LogP contribution in [0.4, 0.5) is 0 Å². The van der Waals surface area contributed by atoms with Crippen LogP contribution in [-0.2, 0) is 33.4 Å². The highest BCUT2D eigenvalue weighted by Gasteiger charge is 2.24. The lowest BCUT2D eigenvalue weighted by Gasteiger charge is -2.22. The first kappa shape index (κ1) is 53.3. The zero-order chi connectivity index (χ0) is 41.5. The minimum atomic E-state index is -1.12. The van der Waals surface area contributed by atoms with Crippen LogP contribution in [0.3, 0.4) is 0 Å². The van der Waals surface area contributed by atoms with Crippen LogP contribution in [-0.4, -0.2) is 54.7 Å². The zero-order valence-corrected chi connectivity index (χ0v) is 36.8. The van der Waals surface area contributed by atoms with E-state index >= 15 is 0 Å². The number of carbonyl (C=O) groups is 4. The molecule has 0 bridgehead atoms. The predicted molar refractivity (Wildman–Crippen MR) is 231 cm³/mol. The molecule has 3 N–H and O–H groups in total. The van der Waals surface area contributed by atoms with Crippen LogP contribution in [0, 0.1) is 0 Å². The molecule has 0 aliphatic heterocycles. The van der Waals surface area contributed by atoms with Crippen molar-refractivity contribution in [2.24, 2.45) is 5.73 Å². The monoisotopic (exact) mass is 791 g/mol. The molecule has 0 saturated heterocycles. The second kappa shape index (κ2) is 37.9. The zero-order valence-electron chi connectivity index (χ0n) is 36.8. The summed E-state index contributed by atoms with van der Waals surface area (Å²) in [5.74, 6) is -1.90. The second-order valence-electron chi connectivity index (χ2n) is 16.6. The van der Waals surface area contributed by atoms with E-state index < -0.39 is 35.6 Å². The summed E-state index contributed by atoms with van der Waals surface area (Å²) in [6.45, 7) is 9.48. The van der Waals surface area contributed by atoms with Gasteiger partial charge in [0.1, 0.15) is 12.2 Å². The topological polar surface area (TPSA) is 134 Å². The third kappa shape index (κ3) is 38.2. The third-order valence-corrected chi connectivity index (χ3v) is 9.66. The lowest BCUT2D eigenvalue weighted by molar-refractivity contribution is -0.159. The van der Waals surface area contributed by atoms with Crippen LogP contribution in [0.15, 0.2) is 24.3 Å². The molecule has 1 amide bonds. The number of hydrogen-bond donors (Lipinski definition) is 2. The van der Waals surface area contributed by atoms with Crippen LogP contribution in [0.5, 0.6) is 0 Å². The van der Waals surface area contributed by atoms with Crippen molar-refractivity contribution in [3.8, 4) is 0 Å². The fourth-order valence-corrected chi connectivity index (χ4v) is 6.32. The number of unbranched alkanes of at least 4 members (excludes halogenated alkanes) is 22. The Hall–Kier alpha value is -2.68. The first-order valence-corrected chi connectivity index (χ1v) is 22.9. The van der Waals surface area contributed by atoms with Gasteiger partial charge in [-0.05, 0) is 85.0 Å². The number of ether oxygens (including phenoxy) is 3. The normalized spacial score (nSPS) is 12.9. The Bertz CT molecular complexity index is 1040. The number of esters is 3. The fraction of sp³-hybridized carbons (Fsp3) is 0.830. The van der Waals surface area contributed by atoms with Crippen molar-refractivity contribution in [3.05, 3.63) is 24.3 Å². The third-order valence-electron chi connectivity index (χ3n) is 9.66. The highest BCUT2D eigenvalue weighted by molar-refractivity contribution is 5.86. The van der Waals surface area contributed by atoms with Gasteiger partial charge in [-0.25, -0.2) is 0 Å². The van der Waals surface area contributed by atoms with Crippen molar-refractivity contribution in [1.29, 1.82) is 0 Å². The van der Waals surface area contributed by atoms with E-state index in [-0.39, 0.29) is 32.0 Å². The van der Waals surface area contributed by atoms with Gasteiger partial charge in [0.2, 0.25) is 5.91 Å². The van der Waals surface area contributed by atoms with Crippen molar-refractivity contribution >= 4 is 23.8 Å². The van der Waals surface area contributed by atoms with Gasteiger partial charge < -0.3 is 25.3 Å².